The Hall–Kier alpha value is -3.89. The van der Waals surface area contributed by atoms with Crippen LogP contribution in [0.3, 0.4) is 0 Å². The summed E-state index contributed by atoms with van der Waals surface area (Å²) in [6.07, 6.45) is 0. The molecule has 0 fully saturated rings. The fraction of sp³-hybridized carbons (Fsp3) is 0.0323. The summed E-state index contributed by atoms with van der Waals surface area (Å²) >= 11 is 1.88. The molecule has 0 saturated carbocycles. The van der Waals surface area contributed by atoms with Gasteiger partial charge in [-0.1, -0.05) is 84.0 Å². The maximum atomic E-state index is 6.50. The average Bonchev–Trinajstić information content (AvgIpc) is 3.27. The lowest BCUT2D eigenvalue weighted by molar-refractivity contribution is 0.669. The van der Waals surface area contributed by atoms with Gasteiger partial charge in [-0.2, -0.15) is 0 Å². The molecule has 0 spiro atoms. The van der Waals surface area contributed by atoms with E-state index in [0.29, 0.717) is 0 Å². The number of furan rings is 1. The normalized spacial score (nSPS) is 13.3. The van der Waals surface area contributed by atoms with Crippen LogP contribution < -0.4 is 21.7 Å². The molecule has 3 heterocycles. The van der Waals surface area contributed by atoms with Gasteiger partial charge in [-0.3, -0.25) is 0 Å². The molecule has 5 aromatic carbocycles. The first-order valence-electron chi connectivity index (χ1n) is 12.0. The van der Waals surface area contributed by atoms with Crippen molar-refractivity contribution in [3.63, 3.8) is 0 Å². The first-order valence-corrected chi connectivity index (χ1v) is 12.8. The van der Waals surface area contributed by atoms with Gasteiger partial charge in [-0.25, -0.2) is 0 Å². The predicted molar refractivity (Wildman–Crippen MR) is 149 cm³/mol. The minimum Gasteiger partial charge on any atom is -0.456 e. The number of para-hydroxylation sites is 1. The molecule has 0 saturated heterocycles. The third-order valence-electron chi connectivity index (χ3n) is 7.49. The van der Waals surface area contributed by atoms with Crippen LogP contribution in [0.4, 0.5) is 11.4 Å². The molecule has 2 aliphatic rings. The Morgan fingerprint density at radius 2 is 1.51 bits per heavy atom. The van der Waals surface area contributed by atoms with Gasteiger partial charge in [0, 0.05) is 37.5 Å². The molecule has 2 aliphatic heterocycles. The fourth-order valence-electron chi connectivity index (χ4n) is 5.99. The van der Waals surface area contributed by atoms with Crippen molar-refractivity contribution in [1.29, 1.82) is 0 Å². The minimum atomic E-state index is 0.141. The van der Waals surface area contributed by atoms with Crippen molar-refractivity contribution in [2.24, 2.45) is 0 Å². The van der Waals surface area contributed by atoms with E-state index in [1.807, 2.05) is 11.8 Å². The lowest BCUT2D eigenvalue weighted by atomic mass is 9.34. The highest BCUT2D eigenvalue weighted by molar-refractivity contribution is 8.00. The summed E-state index contributed by atoms with van der Waals surface area (Å²) in [5, 5.41) is 6.29. The van der Waals surface area contributed by atoms with E-state index in [-0.39, 0.29) is 6.71 Å². The Bertz CT molecular complexity index is 1840. The fourth-order valence-corrected chi connectivity index (χ4v) is 7.16. The summed E-state index contributed by atoms with van der Waals surface area (Å²) in [4.78, 5) is 2.66. The zero-order chi connectivity index (χ0) is 23.1. The molecule has 0 bridgehead atoms. The molecule has 0 aliphatic carbocycles. The van der Waals surface area contributed by atoms with Crippen molar-refractivity contribution in [3.8, 4) is 11.1 Å². The molecule has 35 heavy (non-hydrogen) atoms. The Balaban J connectivity index is 1.58. The summed E-state index contributed by atoms with van der Waals surface area (Å²) < 4.78 is 6.50. The maximum Gasteiger partial charge on any atom is 0.250 e. The third-order valence-corrected chi connectivity index (χ3v) is 8.66. The van der Waals surface area contributed by atoms with Crippen molar-refractivity contribution in [1.82, 2.24) is 0 Å². The Labute approximate surface area is 208 Å². The molecule has 6 aromatic rings. The smallest absolute Gasteiger partial charge is 0.250 e. The van der Waals surface area contributed by atoms with Gasteiger partial charge < -0.3 is 9.73 Å². The predicted octanol–water partition coefficient (Wildman–Crippen LogP) is 6.60. The van der Waals surface area contributed by atoms with Crippen LogP contribution in [0.25, 0.3) is 33.1 Å². The molecule has 0 atom stereocenters. The van der Waals surface area contributed by atoms with Crippen molar-refractivity contribution in [3.05, 3.63) is 103 Å². The lowest BCUT2D eigenvalue weighted by Crippen LogP contribution is -2.58. The highest BCUT2D eigenvalue weighted by Crippen LogP contribution is 2.42. The monoisotopic (exact) mass is 465 g/mol. The van der Waals surface area contributed by atoms with E-state index in [1.165, 1.54) is 65.0 Å². The molecule has 0 unspecified atom stereocenters. The zero-order valence-electron chi connectivity index (χ0n) is 19.1. The number of aryl methyl sites for hydroxylation is 1. The molecule has 0 radical (unpaired) electrons. The van der Waals surface area contributed by atoms with Crippen LogP contribution in [0.1, 0.15) is 5.56 Å². The zero-order valence-corrected chi connectivity index (χ0v) is 19.9. The first-order chi connectivity index (χ1) is 17.3. The molecular weight excluding hydrogens is 445 g/mol. The van der Waals surface area contributed by atoms with Crippen LogP contribution in [0.2, 0.25) is 0 Å². The van der Waals surface area contributed by atoms with E-state index < -0.39 is 0 Å². The van der Waals surface area contributed by atoms with E-state index in [1.54, 1.807) is 0 Å². The van der Waals surface area contributed by atoms with Gasteiger partial charge in [0.2, 0.25) is 0 Å². The number of fused-ring (bicyclic) bond motifs is 8. The number of anilines is 2. The molecule has 4 heteroatoms. The third kappa shape index (κ3) is 2.63. The van der Waals surface area contributed by atoms with Gasteiger partial charge in [0.05, 0.1) is 0 Å². The van der Waals surface area contributed by atoms with Gasteiger partial charge in [-0.15, -0.1) is 0 Å². The summed E-state index contributed by atoms with van der Waals surface area (Å²) in [7, 11) is 0. The van der Waals surface area contributed by atoms with Crippen LogP contribution in [0.5, 0.6) is 0 Å². The molecule has 1 aromatic heterocycles. The molecular formula is C31H20BNOS. The van der Waals surface area contributed by atoms with E-state index in [2.05, 4.69) is 109 Å². The first kappa shape index (κ1) is 19.4. The van der Waals surface area contributed by atoms with Gasteiger partial charge in [0.1, 0.15) is 11.2 Å². The van der Waals surface area contributed by atoms with Gasteiger partial charge in [-0.05, 0) is 59.3 Å². The second kappa shape index (κ2) is 7.06. The van der Waals surface area contributed by atoms with Crippen molar-refractivity contribution in [2.45, 2.75) is 16.7 Å². The number of hydrogen-bond acceptors (Lipinski definition) is 3. The van der Waals surface area contributed by atoms with E-state index in [0.717, 1.165) is 11.2 Å². The summed E-state index contributed by atoms with van der Waals surface area (Å²) in [5.41, 5.74) is 12.0. The highest BCUT2D eigenvalue weighted by atomic mass is 32.2. The quantitative estimate of drug-likeness (QED) is 0.277. The molecule has 0 amide bonds. The maximum absolute atomic E-state index is 6.50. The molecule has 164 valence electrons. The molecule has 8 rings (SSSR count). The molecule has 2 nitrogen and oxygen atoms in total. The summed E-state index contributed by atoms with van der Waals surface area (Å²) in [5.74, 6) is 0. The van der Waals surface area contributed by atoms with E-state index in [9.17, 15) is 0 Å². The van der Waals surface area contributed by atoms with Gasteiger partial charge in [0.15, 0.2) is 0 Å². The van der Waals surface area contributed by atoms with Gasteiger partial charge >= 0.3 is 0 Å². The van der Waals surface area contributed by atoms with E-state index >= 15 is 0 Å². The number of hydrogen-bond donors (Lipinski definition) is 1. The van der Waals surface area contributed by atoms with Crippen LogP contribution in [0.15, 0.2) is 111 Å². The second-order valence-corrected chi connectivity index (χ2v) is 10.5. The van der Waals surface area contributed by atoms with Crippen molar-refractivity contribution < 1.29 is 4.42 Å². The number of benzene rings is 5. The standard InChI is InChI=1S/C31H20BNOS/c1-18-9-2-3-10-19(18)21-17-25-28(20-11-4-6-14-24(20)34-25)30-31(21)33-23-13-8-16-27-29(23)32(30)22-12-5-7-15-26(22)35-27/h2-17,33H,1H3. The van der Waals surface area contributed by atoms with E-state index in [4.69, 9.17) is 4.42 Å². The SMILES string of the molecule is Cc1ccccc1-c1cc2oc3ccccc3c2c2c1Nc1cccc3c1B2c1ccccc1S3. The van der Waals surface area contributed by atoms with Crippen LogP contribution in [-0.2, 0) is 0 Å². The Kier molecular flexibility index (Phi) is 3.92. The minimum absolute atomic E-state index is 0.141. The summed E-state index contributed by atoms with van der Waals surface area (Å²) in [6, 6.07) is 34.8. The number of rotatable bonds is 1. The number of nitrogens with one attached hydrogen (secondary N) is 1. The Morgan fingerprint density at radius 3 is 2.46 bits per heavy atom. The van der Waals surface area contributed by atoms with Crippen molar-refractivity contribution in [2.75, 3.05) is 5.32 Å². The largest absolute Gasteiger partial charge is 0.456 e. The second-order valence-electron chi connectivity index (χ2n) is 9.41. The van der Waals surface area contributed by atoms with Crippen LogP contribution >= 0.6 is 11.8 Å². The lowest BCUT2D eigenvalue weighted by Gasteiger charge is -2.35. The topological polar surface area (TPSA) is 25.2 Å². The van der Waals surface area contributed by atoms with Gasteiger partial charge in [0.25, 0.3) is 6.71 Å². The molecule has 1 N–H and O–H groups in total. The van der Waals surface area contributed by atoms with Crippen LogP contribution in [0, 0.1) is 6.92 Å². The average molecular weight is 465 g/mol. The van der Waals surface area contributed by atoms with Crippen molar-refractivity contribution >= 4 is 68.2 Å². The summed E-state index contributed by atoms with van der Waals surface area (Å²) in [6.45, 7) is 2.33. The highest BCUT2D eigenvalue weighted by Gasteiger charge is 2.40. The Morgan fingerprint density at radius 1 is 0.714 bits per heavy atom. The van der Waals surface area contributed by atoms with Crippen LogP contribution in [-0.4, -0.2) is 6.71 Å².